The molecule has 0 saturated carbocycles. The van der Waals surface area contributed by atoms with E-state index >= 15 is 0 Å². The predicted molar refractivity (Wildman–Crippen MR) is 66.5 cm³/mol. The van der Waals surface area contributed by atoms with Gasteiger partial charge in [-0.15, -0.1) is 0 Å². The highest BCUT2D eigenvalue weighted by Crippen LogP contribution is 1.94. The second kappa shape index (κ2) is 9.60. The first kappa shape index (κ1) is 15.4. The van der Waals surface area contributed by atoms with Gasteiger partial charge in [-0.25, -0.2) is 0 Å². The van der Waals surface area contributed by atoms with Gasteiger partial charge in [-0.3, -0.25) is 4.79 Å². The molecule has 1 N–H and O–H groups in total. The lowest BCUT2D eigenvalue weighted by Gasteiger charge is -2.20. The van der Waals surface area contributed by atoms with Gasteiger partial charge in [-0.05, 0) is 26.9 Å². The third kappa shape index (κ3) is 7.65. The van der Waals surface area contributed by atoms with Crippen molar-refractivity contribution < 1.29 is 9.53 Å². The van der Waals surface area contributed by atoms with Crippen LogP contribution in [0.4, 0.5) is 0 Å². The van der Waals surface area contributed by atoms with Crippen LogP contribution in [0.5, 0.6) is 0 Å². The van der Waals surface area contributed by atoms with Crippen molar-refractivity contribution in [2.75, 3.05) is 32.8 Å². The minimum Gasteiger partial charge on any atom is -0.466 e. The number of hydrogen-bond donors (Lipinski definition) is 1. The first-order valence-electron chi connectivity index (χ1n) is 6.25. The van der Waals surface area contributed by atoms with Crippen molar-refractivity contribution in [2.45, 2.75) is 40.2 Å². The van der Waals surface area contributed by atoms with E-state index < -0.39 is 0 Å². The van der Waals surface area contributed by atoms with E-state index in [2.05, 4.69) is 24.1 Å². The van der Waals surface area contributed by atoms with Crippen molar-refractivity contribution in [1.82, 2.24) is 10.2 Å². The van der Waals surface area contributed by atoms with Gasteiger partial charge in [0.25, 0.3) is 0 Å². The summed E-state index contributed by atoms with van der Waals surface area (Å²) in [5.74, 6) is -0.120. The number of likely N-dealkylation sites (N-methyl/N-ethyl adjacent to an activating group) is 1. The molecule has 0 amide bonds. The maximum Gasteiger partial charge on any atom is 0.307 e. The number of nitrogens with one attached hydrogen (secondary N) is 1. The third-order valence-electron chi connectivity index (χ3n) is 2.59. The fourth-order valence-corrected chi connectivity index (χ4v) is 1.55. The van der Waals surface area contributed by atoms with E-state index in [1.165, 1.54) is 0 Å². The molecule has 0 aliphatic carbocycles. The summed E-state index contributed by atoms with van der Waals surface area (Å²) in [6.45, 7) is 12.7. The molecule has 0 fully saturated rings. The average Bonchev–Trinajstić information content (AvgIpc) is 2.24. The summed E-state index contributed by atoms with van der Waals surface area (Å²) in [4.78, 5) is 13.5. The molecule has 0 aromatic heterocycles. The van der Waals surface area contributed by atoms with Crippen LogP contribution in [-0.2, 0) is 9.53 Å². The average molecular weight is 230 g/mol. The Morgan fingerprint density at radius 2 is 1.94 bits per heavy atom. The molecule has 0 saturated heterocycles. The molecule has 16 heavy (non-hydrogen) atoms. The van der Waals surface area contributed by atoms with Crippen LogP contribution in [-0.4, -0.2) is 49.7 Å². The van der Waals surface area contributed by atoms with Gasteiger partial charge in [-0.1, -0.05) is 13.8 Å². The number of carbonyl (C=O) groups is 1. The zero-order valence-electron chi connectivity index (χ0n) is 11.1. The van der Waals surface area contributed by atoms with Crippen molar-refractivity contribution in [3.63, 3.8) is 0 Å². The molecule has 0 aromatic rings. The van der Waals surface area contributed by atoms with Crippen molar-refractivity contribution in [3.8, 4) is 0 Å². The Morgan fingerprint density at radius 1 is 1.31 bits per heavy atom. The van der Waals surface area contributed by atoms with Gasteiger partial charge in [0.2, 0.25) is 0 Å². The van der Waals surface area contributed by atoms with E-state index in [0.717, 1.165) is 26.2 Å². The molecule has 4 nitrogen and oxygen atoms in total. The molecule has 0 aliphatic heterocycles. The van der Waals surface area contributed by atoms with Crippen molar-refractivity contribution in [1.29, 1.82) is 0 Å². The van der Waals surface area contributed by atoms with E-state index in [0.29, 0.717) is 13.0 Å². The van der Waals surface area contributed by atoms with Crippen molar-refractivity contribution >= 4 is 5.97 Å². The van der Waals surface area contributed by atoms with Crippen LogP contribution >= 0.6 is 0 Å². The van der Waals surface area contributed by atoms with Crippen LogP contribution in [0.3, 0.4) is 0 Å². The lowest BCUT2D eigenvalue weighted by atomic mass is 10.2. The molecule has 0 radical (unpaired) electrons. The Balaban J connectivity index is 3.56. The molecule has 0 aliphatic rings. The van der Waals surface area contributed by atoms with Gasteiger partial charge in [-0.2, -0.15) is 0 Å². The van der Waals surface area contributed by atoms with Gasteiger partial charge >= 0.3 is 5.97 Å². The molecule has 0 bridgehead atoms. The van der Waals surface area contributed by atoms with Crippen LogP contribution in [0.2, 0.25) is 0 Å². The highest BCUT2D eigenvalue weighted by Gasteiger charge is 2.09. The normalized spacial score (nSPS) is 12.8. The van der Waals surface area contributed by atoms with Crippen molar-refractivity contribution in [2.24, 2.45) is 0 Å². The number of ether oxygens (including phenoxy) is 1. The second-order valence-corrected chi connectivity index (χ2v) is 3.89. The van der Waals surface area contributed by atoms with E-state index in [9.17, 15) is 4.79 Å². The third-order valence-corrected chi connectivity index (χ3v) is 2.59. The lowest BCUT2D eigenvalue weighted by molar-refractivity contribution is -0.143. The fourth-order valence-electron chi connectivity index (χ4n) is 1.55. The lowest BCUT2D eigenvalue weighted by Crippen LogP contribution is -2.37. The fraction of sp³-hybridized carbons (Fsp3) is 0.917. The van der Waals surface area contributed by atoms with Gasteiger partial charge in [0.15, 0.2) is 0 Å². The summed E-state index contributed by atoms with van der Waals surface area (Å²) in [5, 5.41) is 3.33. The van der Waals surface area contributed by atoms with Crippen molar-refractivity contribution in [3.05, 3.63) is 0 Å². The monoisotopic (exact) mass is 230 g/mol. The Labute approximate surface area is 99.3 Å². The van der Waals surface area contributed by atoms with Crippen LogP contribution in [0, 0.1) is 0 Å². The minimum atomic E-state index is -0.120. The number of carbonyl (C=O) groups excluding carboxylic acids is 1. The largest absolute Gasteiger partial charge is 0.466 e. The molecule has 4 heteroatoms. The molecule has 1 unspecified atom stereocenters. The topological polar surface area (TPSA) is 41.6 Å². The van der Waals surface area contributed by atoms with E-state index in [1.807, 2.05) is 13.8 Å². The second-order valence-electron chi connectivity index (χ2n) is 3.89. The Hall–Kier alpha value is -0.610. The molecular formula is C12H26N2O2. The smallest absolute Gasteiger partial charge is 0.307 e. The summed E-state index contributed by atoms with van der Waals surface area (Å²) in [7, 11) is 0. The SMILES string of the molecule is CCOC(=O)CC(C)NCCN(CC)CC. The molecule has 0 heterocycles. The predicted octanol–water partition coefficient (Wildman–Crippen LogP) is 1.26. The maximum atomic E-state index is 11.2. The van der Waals surface area contributed by atoms with E-state index in [1.54, 1.807) is 0 Å². The number of esters is 1. The first-order chi connectivity index (χ1) is 7.63. The molecule has 0 rings (SSSR count). The highest BCUT2D eigenvalue weighted by atomic mass is 16.5. The quantitative estimate of drug-likeness (QED) is 0.606. The summed E-state index contributed by atoms with van der Waals surface area (Å²) in [6, 6.07) is 0.189. The van der Waals surface area contributed by atoms with Crippen LogP contribution < -0.4 is 5.32 Å². The summed E-state index contributed by atoms with van der Waals surface area (Å²) in [6.07, 6.45) is 0.450. The zero-order chi connectivity index (χ0) is 12.4. The zero-order valence-corrected chi connectivity index (χ0v) is 11.1. The number of rotatable bonds is 9. The van der Waals surface area contributed by atoms with Gasteiger partial charge in [0, 0.05) is 19.1 Å². The molecule has 0 spiro atoms. The van der Waals surface area contributed by atoms with Crippen LogP contribution in [0.1, 0.15) is 34.1 Å². The van der Waals surface area contributed by atoms with Gasteiger partial charge in [0.1, 0.15) is 0 Å². The van der Waals surface area contributed by atoms with Gasteiger partial charge < -0.3 is 15.0 Å². The molecule has 1 atom stereocenters. The summed E-state index contributed by atoms with van der Waals surface area (Å²) < 4.78 is 4.89. The summed E-state index contributed by atoms with van der Waals surface area (Å²) in [5.41, 5.74) is 0. The Kier molecular flexibility index (Phi) is 9.24. The van der Waals surface area contributed by atoms with Gasteiger partial charge in [0.05, 0.1) is 13.0 Å². The highest BCUT2D eigenvalue weighted by molar-refractivity contribution is 5.69. The van der Waals surface area contributed by atoms with E-state index in [4.69, 9.17) is 4.74 Å². The number of hydrogen-bond acceptors (Lipinski definition) is 4. The maximum absolute atomic E-state index is 11.2. The Morgan fingerprint density at radius 3 is 2.44 bits per heavy atom. The molecule has 0 aromatic carbocycles. The van der Waals surface area contributed by atoms with Crippen LogP contribution in [0.15, 0.2) is 0 Å². The standard InChI is InChI=1S/C12H26N2O2/c1-5-14(6-2)9-8-13-11(4)10-12(15)16-7-3/h11,13H,5-10H2,1-4H3. The number of nitrogens with zero attached hydrogens (tertiary/aromatic N) is 1. The molecular weight excluding hydrogens is 204 g/mol. The minimum absolute atomic E-state index is 0.120. The van der Waals surface area contributed by atoms with E-state index in [-0.39, 0.29) is 12.0 Å². The molecule has 96 valence electrons. The summed E-state index contributed by atoms with van der Waals surface area (Å²) >= 11 is 0. The Bertz CT molecular complexity index is 182. The van der Waals surface area contributed by atoms with Crippen LogP contribution in [0.25, 0.3) is 0 Å². The first-order valence-corrected chi connectivity index (χ1v) is 6.25.